The number of aromatic nitrogens is 2. The number of nitrogens with two attached hydrogens (primary N) is 1. The van der Waals surface area contributed by atoms with Gasteiger partial charge in [-0.15, -0.1) is 0 Å². The Morgan fingerprint density at radius 3 is 2.47 bits per heavy atom. The van der Waals surface area contributed by atoms with Gasteiger partial charge in [-0.05, 0) is 53.1 Å². The molecule has 5 rings (SSSR count). The Bertz CT molecular complexity index is 1390. The van der Waals surface area contributed by atoms with Crippen LogP contribution < -0.4 is 5.73 Å². The number of rotatable bonds is 4. The van der Waals surface area contributed by atoms with E-state index in [9.17, 15) is 4.79 Å². The van der Waals surface area contributed by atoms with Gasteiger partial charge in [0.2, 0.25) is 5.91 Å². The van der Waals surface area contributed by atoms with E-state index in [2.05, 4.69) is 27.8 Å². The van der Waals surface area contributed by atoms with Crippen LogP contribution in [0.25, 0.3) is 32.9 Å². The molecule has 0 radical (unpaired) electrons. The first-order valence-corrected chi connectivity index (χ1v) is 9.99. The van der Waals surface area contributed by atoms with Crippen molar-refractivity contribution >= 4 is 39.3 Å². The van der Waals surface area contributed by atoms with E-state index >= 15 is 0 Å². The van der Waals surface area contributed by atoms with E-state index < -0.39 is 5.91 Å². The van der Waals surface area contributed by atoms with Gasteiger partial charge < -0.3 is 10.3 Å². The Kier molecular flexibility index (Phi) is 4.49. The highest BCUT2D eigenvalue weighted by Crippen LogP contribution is 2.35. The fourth-order valence-electron chi connectivity index (χ4n) is 4.02. The molecule has 3 aromatic carbocycles. The summed E-state index contributed by atoms with van der Waals surface area (Å²) in [6, 6.07) is 23.7. The Labute approximate surface area is 178 Å². The average molecular weight is 412 g/mol. The number of carbonyl (C=O) groups is 1. The molecule has 0 saturated heterocycles. The zero-order valence-electron chi connectivity index (χ0n) is 16.0. The van der Waals surface area contributed by atoms with Crippen molar-refractivity contribution in [3.05, 3.63) is 101 Å². The summed E-state index contributed by atoms with van der Waals surface area (Å²) >= 11 is 6.06. The Morgan fingerprint density at radius 1 is 0.933 bits per heavy atom. The van der Waals surface area contributed by atoms with Crippen molar-refractivity contribution in [3.8, 4) is 11.1 Å². The Morgan fingerprint density at radius 2 is 1.73 bits per heavy atom. The quantitative estimate of drug-likeness (QED) is 0.415. The fraction of sp³-hybridized carbons (Fsp3) is 0.0400. The highest BCUT2D eigenvalue weighted by Gasteiger charge is 2.17. The lowest BCUT2D eigenvalue weighted by molar-refractivity contribution is 0.100. The number of pyridine rings is 1. The second kappa shape index (κ2) is 7.32. The van der Waals surface area contributed by atoms with E-state index in [1.54, 1.807) is 12.3 Å². The van der Waals surface area contributed by atoms with Gasteiger partial charge in [0, 0.05) is 40.3 Å². The van der Waals surface area contributed by atoms with Gasteiger partial charge in [-0.3, -0.25) is 9.78 Å². The van der Waals surface area contributed by atoms with Crippen molar-refractivity contribution in [2.45, 2.75) is 6.54 Å². The van der Waals surface area contributed by atoms with Crippen molar-refractivity contribution in [3.63, 3.8) is 0 Å². The minimum atomic E-state index is -0.428. The predicted octanol–water partition coefficient (Wildman–Crippen LogP) is 5.66. The molecule has 2 heterocycles. The molecule has 0 fully saturated rings. The van der Waals surface area contributed by atoms with Crippen LogP contribution in [0.4, 0.5) is 0 Å². The maximum Gasteiger partial charge on any atom is 0.249 e. The Hall–Kier alpha value is -3.63. The van der Waals surface area contributed by atoms with Gasteiger partial charge in [0.05, 0.1) is 11.0 Å². The van der Waals surface area contributed by atoms with Gasteiger partial charge in [0.15, 0.2) is 0 Å². The van der Waals surface area contributed by atoms with Crippen LogP contribution in [0.5, 0.6) is 0 Å². The lowest BCUT2D eigenvalue weighted by Crippen LogP contribution is -2.11. The number of nitrogens with zero attached hydrogens (tertiary/aromatic N) is 2. The standard InChI is InChI=1S/C25H18ClN3O/c26-19-9-6-17(7-10-19)18-8-11-20-23(13-18)29(15-16-3-2-12-28-14-16)22-5-1-4-21(24(20)22)25(27)30/h1-14H,15H2,(H2,27,30). The molecule has 0 aliphatic rings. The van der Waals surface area contributed by atoms with E-state index in [0.29, 0.717) is 17.1 Å². The number of primary amides is 1. The Balaban J connectivity index is 1.80. The van der Waals surface area contributed by atoms with Crippen molar-refractivity contribution in [1.82, 2.24) is 9.55 Å². The third-order valence-electron chi connectivity index (χ3n) is 5.40. The number of hydrogen-bond acceptors (Lipinski definition) is 2. The maximum absolute atomic E-state index is 12.1. The topological polar surface area (TPSA) is 60.9 Å². The zero-order chi connectivity index (χ0) is 20.7. The molecule has 0 atom stereocenters. The number of carbonyl (C=O) groups excluding carboxylic acids is 1. The van der Waals surface area contributed by atoms with Crippen LogP contribution in [-0.2, 0) is 6.54 Å². The van der Waals surface area contributed by atoms with Gasteiger partial charge in [0.25, 0.3) is 0 Å². The van der Waals surface area contributed by atoms with Crippen molar-refractivity contribution in [1.29, 1.82) is 0 Å². The number of halogens is 1. The molecule has 5 heteroatoms. The molecule has 4 nitrogen and oxygen atoms in total. The van der Waals surface area contributed by atoms with Crippen LogP contribution in [-0.4, -0.2) is 15.5 Å². The first kappa shape index (κ1) is 18.4. The molecule has 0 spiro atoms. The van der Waals surface area contributed by atoms with E-state index in [4.69, 9.17) is 17.3 Å². The lowest BCUT2D eigenvalue weighted by Gasteiger charge is -2.09. The molecule has 2 aromatic heterocycles. The molecule has 0 unspecified atom stereocenters. The van der Waals surface area contributed by atoms with Crippen LogP contribution in [0.3, 0.4) is 0 Å². The smallest absolute Gasteiger partial charge is 0.249 e. The summed E-state index contributed by atoms with van der Waals surface area (Å²) in [5.41, 5.74) is 11.5. The van der Waals surface area contributed by atoms with Gasteiger partial charge in [-0.2, -0.15) is 0 Å². The van der Waals surface area contributed by atoms with E-state index in [0.717, 1.165) is 38.5 Å². The summed E-state index contributed by atoms with van der Waals surface area (Å²) in [6.45, 7) is 0.639. The number of hydrogen-bond donors (Lipinski definition) is 1. The third-order valence-corrected chi connectivity index (χ3v) is 5.65. The molecular formula is C25H18ClN3O. The average Bonchev–Trinajstić information content (AvgIpc) is 3.08. The second-order valence-electron chi connectivity index (χ2n) is 7.25. The summed E-state index contributed by atoms with van der Waals surface area (Å²) in [4.78, 5) is 16.4. The molecular weight excluding hydrogens is 394 g/mol. The first-order valence-electron chi connectivity index (χ1n) is 9.61. The van der Waals surface area contributed by atoms with Crippen LogP contribution in [0, 0.1) is 0 Å². The van der Waals surface area contributed by atoms with E-state index in [-0.39, 0.29) is 0 Å². The highest BCUT2D eigenvalue weighted by atomic mass is 35.5. The molecule has 0 bridgehead atoms. The molecule has 2 N–H and O–H groups in total. The fourth-order valence-corrected chi connectivity index (χ4v) is 4.14. The maximum atomic E-state index is 12.1. The highest BCUT2D eigenvalue weighted by molar-refractivity contribution is 6.30. The summed E-state index contributed by atoms with van der Waals surface area (Å²) in [5, 5.41) is 2.59. The van der Waals surface area contributed by atoms with Crippen LogP contribution in [0.15, 0.2) is 85.2 Å². The second-order valence-corrected chi connectivity index (χ2v) is 7.69. The lowest BCUT2D eigenvalue weighted by atomic mass is 10.0. The predicted molar refractivity (Wildman–Crippen MR) is 122 cm³/mol. The van der Waals surface area contributed by atoms with Crippen LogP contribution in [0.2, 0.25) is 5.02 Å². The van der Waals surface area contributed by atoms with Gasteiger partial charge in [-0.1, -0.05) is 48.0 Å². The van der Waals surface area contributed by atoms with Crippen LogP contribution in [0.1, 0.15) is 15.9 Å². The normalized spacial score (nSPS) is 11.2. The molecule has 0 saturated carbocycles. The van der Waals surface area contributed by atoms with E-state index in [1.165, 1.54) is 0 Å². The molecule has 30 heavy (non-hydrogen) atoms. The molecule has 5 aromatic rings. The number of benzene rings is 3. The monoisotopic (exact) mass is 411 g/mol. The molecule has 1 amide bonds. The van der Waals surface area contributed by atoms with E-state index in [1.807, 2.05) is 54.7 Å². The van der Waals surface area contributed by atoms with Gasteiger partial charge in [-0.25, -0.2) is 0 Å². The minimum Gasteiger partial charge on any atom is -0.366 e. The summed E-state index contributed by atoms with van der Waals surface area (Å²) in [7, 11) is 0. The van der Waals surface area contributed by atoms with Gasteiger partial charge in [0.1, 0.15) is 0 Å². The first-order chi connectivity index (χ1) is 14.6. The summed E-state index contributed by atoms with van der Waals surface area (Å²) in [6.07, 6.45) is 3.62. The third kappa shape index (κ3) is 3.11. The SMILES string of the molecule is NC(=O)c1cccc2c1c1ccc(-c3ccc(Cl)cc3)cc1n2Cc1cccnc1. The summed E-state index contributed by atoms with van der Waals surface area (Å²) in [5.74, 6) is -0.428. The van der Waals surface area contributed by atoms with Crippen molar-refractivity contribution < 1.29 is 4.79 Å². The largest absolute Gasteiger partial charge is 0.366 e. The molecule has 0 aliphatic heterocycles. The van der Waals surface area contributed by atoms with Crippen molar-refractivity contribution in [2.75, 3.05) is 0 Å². The minimum absolute atomic E-state index is 0.428. The van der Waals surface area contributed by atoms with Crippen molar-refractivity contribution in [2.24, 2.45) is 5.73 Å². The number of amides is 1. The van der Waals surface area contributed by atoms with Gasteiger partial charge >= 0.3 is 0 Å². The zero-order valence-corrected chi connectivity index (χ0v) is 16.8. The summed E-state index contributed by atoms with van der Waals surface area (Å²) < 4.78 is 2.22. The molecule has 0 aliphatic carbocycles. The van der Waals surface area contributed by atoms with Crippen LogP contribution >= 0.6 is 11.6 Å². The number of fused-ring (bicyclic) bond motifs is 3. The molecule has 146 valence electrons.